The highest BCUT2D eigenvalue weighted by Crippen LogP contribution is 2.35. The molecule has 0 unspecified atom stereocenters. The molecule has 2 aromatic carbocycles. The van der Waals surface area contributed by atoms with Gasteiger partial charge in [-0.1, -0.05) is 60.7 Å². The topological polar surface area (TPSA) is 94.2 Å². The van der Waals surface area contributed by atoms with Crippen LogP contribution >= 0.6 is 0 Å². The van der Waals surface area contributed by atoms with Crippen molar-refractivity contribution in [1.82, 2.24) is 10.2 Å². The summed E-state index contributed by atoms with van der Waals surface area (Å²) in [5.74, 6) is -1.07. The molecule has 0 radical (unpaired) electrons. The van der Waals surface area contributed by atoms with Crippen LogP contribution in [-0.2, 0) is 30.4 Å². The number of nitrogens with one attached hydrogen (secondary N) is 1. The van der Waals surface area contributed by atoms with Crippen molar-refractivity contribution in [1.29, 1.82) is 0 Å². The van der Waals surface area contributed by atoms with E-state index in [-0.39, 0.29) is 13.2 Å². The first kappa shape index (κ1) is 21.3. The van der Waals surface area contributed by atoms with E-state index in [1.165, 1.54) is 12.0 Å². The van der Waals surface area contributed by atoms with Gasteiger partial charge in [-0.25, -0.2) is 9.59 Å². The minimum Gasteiger partial charge on any atom is -0.467 e. The fourth-order valence-electron chi connectivity index (χ4n) is 3.30. The number of methoxy groups -OCH3 is 1. The van der Waals surface area contributed by atoms with E-state index in [9.17, 15) is 14.4 Å². The summed E-state index contributed by atoms with van der Waals surface area (Å²) >= 11 is 0. The fraction of sp³-hybridized carbons (Fsp3) is 0.318. The van der Waals surface area contributed by atoms with E-state index in [0.717, 1.165) is 11.1 Å². The SMILES string of the molecule is COC(=O)[C@@H]1[C@@H](C)O[C@H](c2ccccc2)N1C(=O)CNC(=O)OCc1ccccc1. The highest BCUT2D eigenvalue weighted by molar-refractivity contribution is 5.88. The van der Waals surface area contributed by atoms with Gasteiger partial charge in [0.15, 0.2) is 12.3 Å². The summed E-state index contributed by atoms with van der Waals surface area (Å²) < 4.78 is 15.9. The molecule has 8 nitrogen and oxygen atoms in total. The van der Waals surface area contributed by atoms with Crippen molar-refractivity contribution < 1.29 is 28.6 Å². The second kappa shape index (κ2) is 9.89. The van der Waals surface area contributed by atoms with Crippen LogP contribution in [0.25, 0.3) is 0 Å². The van der Waals surface area contributed by atoms with Crippen molar-refractivity contribution in [3.63, 3.8) is 0 Å². The molecule has 30 heavy (non-hydrogen) atoms. The molecule has 1 saturated heterocycles. The zero-order valence-electron chi connectivity index (χ0n) is 16.8. The number of esters is 1. The Morgan fingerprint density at radius 1 is 1.03 bits per heavy atom. The lowest BCUT2D eigenvalue weighted by Gasteiger charge is -2.27. The maximum absolute atomic E-state index is 13.0. The van der Waals surface area contributed by atoms with Crippen molar-refractivity contribution in [2.75, 3.05) is 13.7 Å². The molecule has 1 aliphatic heterocycles. The molecular weight excluding hydrogens is 388 g/mol. The van der Waals surface area contributed by atoms with Gasteiger partial charge in [-0.05, 0) is 12.5 Å². The standard InChI is InChI=1S/C22H24N2O6/c1-15-19(21(26)28-2)24(20(30-15)17-11-7-4-8-12-17)18(25)13-23-22(27)29-14-16-9-5-3-6-10-16/h3-12,15,19-20H,13-14H2,1-2H3,(H,23,27)/t15-,19+,20-/m1/s1. The Hall–Kier alpha value is -3.39. The molecule has 1 aliphatic rings. The van der Waals surface area contributed by atoms with E-state index < -0.39 is 36.3 Å². The second-order valence-corrected chi connectivity index (χ2v) is 6.79. The molecule has 2 aromatic rings. The van der Waals surface area contributed by atoms with Crippen LogP contribution in [0.1, 0.15) is 24.3 Å². The number of hydrogen-bond donors (Lipinski definition) is 1. The number of ether oxygens (including phenoxy) is 3. The highest BCUT2D eigenvalue weighted by Gasteiger charge is 2.47. The van der Waals surface area contributed by atoms with E-state index in [0.29, 0.717) is 0 Å². The summed E-state index contributed by atoms with van der Waals surface area (Å²) in [6, 6.07) is 17.4. The van der Waals surface area contributed by atoms with Crippen molar-refractivity contribution >= 4 is 18.0 Å². The minimum absolute atomic E-state index is 0.0855. The van der Waals surface area contributed by atoms with E-state index in [1.54, 1.807) is 19.1 Å². The van der Waals surface area contributed by atoms with Gasteiger partial charge in [0.25, 0.3) is 0 Å². The molecule has 0 aromatic heterocycles. The van der Waals surface area contributed by atoms with E-state index in [2.05, 4.69) is 5.32 Å². The average molecular weight is 412 g/mol. The maximum atomic E-state index is 13.0. The van der Waals surface area contributed by atoms with Crippen LogP contribution in [0.3, 0.4) is 0 Å². The largest absolute Gasteiger partial charge is 0.467 e. The fourth-order valence-corrected chi connectivity index (χ4v) is 3.30. The molecular formula is C22H24N2O6. The average Bonchev–Trinajstić information content (AvgIpc) is 3.14. The van der Waals surface area contributed by atoms with Gasteiger partial charge in [0.05, 0.1) is 13.2 Å². The van der Waals surface area contributed by atoms with Crippen LogP contribution < -0.4 is 5.32 Å². The molecule has 2 amide bonds. The molecule has 0 bridgehead atoms. The Morgan fingerprint density at radius 2 is 1.67 bits per heavy atom. The minimum atomic E-state index is -0.921. The first-order valence-electron chi connectivity index (χ1n) is 9.55. The second-order valence-electron chi connectivity index (χ2n) is 6.79. The quantitative estimate of drug-likeness (QED) is 0.733. The van der Waals surface area contributed by atoms with Gasteiger partial charge in [0, 0.05) is 5.56 Å². The van der Waals surface area contributed by atoms with Crippen molar-refractivity contribution in [3.05, 3.63) is 71.8 Å². The first-order valence-corrected chi connectivity index (χ1v) is 9.55. The number of rotatable bonds is 6. The Labute approximate surface area is 174 Å². The van der Waals surface area contributed by atoms with Gasteiger partial charge < -0.3 is 19.5 Å². The Morgan fingerprint density at radius 3 is 2.30 bits per heavy atom. The lowest BCUT2D eigenvalue weighted by Crippen LogP contribution is -2.49. The number of amides is 2. The maximum Gasteiger partial charge on any atom is 0.407 e. The summed E-state index contributed by atoms with van der Waals surface area (Å²) in [4.78, 5) is 38.6. The van der Waals surface area contributed by atoms with Crippen LogP contribution in [0.2, 0.25) is 0 Å². The number of hydrogen-bond acceptors (Lipinski definition) is 6. The molecule has 3 atom stereocenters. The summed E-state index contributed by atoms with van der Waals surface area (Å²) in [6.45, 7) is 1.44. The summed E-state index contributed by atoms with van der Waals surface area (Å²) in [5, 5.41) is 2.43. The third-order valence-electron chi connectivity index (χ3n) is 4.75. The summed E-state index contributed by atoms with van der Waals surface area (Å²) in [5.41, 5.74) is 1.55. The van der Waals surface area contributed by atoms with Gasteiger partial charge in [-0.2, -0.15) is 0 Å². The molecule has 3 rings (SSSR count). The van der Waals surface area contributed by atoms with Crippen molar-refractivity contribution in [3.8, 4) is 0 Å². The number of alkyl carbamates (subject to hydrolysis) is 1. The third kappa shape index (κ3) is 4.96. The zero-order valence-corrected chi connectivity index (χ0v) is 16.8. The van der Waals surface area contributed by atoms with Crippen molar-refractivity contribution in [2.24, 2.45) is 0 Å². The molecule has 0 aliphatic carbocycles. The molecule has 0 saturated carbocycles. The lowest BCUT2D eigenvalue weighted by atomic mass is 10.1. The molecule has 8 heteroatoms. The molecule has 0 spiro atoms. The summed E-state index contributed by atoms with van der Waals surface area (Å²) in [7, 11) is 1.26. The van der Waals surface area contributed by atoms with Gasteiger partial charge in [0.2, 0.25) is 5.91 Å². The number of carbonyl (C=O) groups is 3. The van der Waals surface area contributed by atoms with Crippen molar-refractivity contribution in [2.45, 2.75) is 31.9 Å². The van der Waals surface area contributed by atoms with Gasteiger partial charge in [0.1, 0.15) is 13.2 Å². The van der Waals surface area contributed by atoms with Crippen LogP contribution in [0.5, 0.6) is 0 Å². The number of benzene rings is 2. The highest BCUT2D eigenvalue weighted by atomic mass is 16.6. The predicted molar refractivity (Wildman–Crippen MR) is 107 cm³/mol. The van der Waals surface area contributed by atoms with E-state index >= 15 is 0 Å². The number of nitrogens with zero attached hydrogens (tertiary/aromatic N) is 1. The normalized spacial score (nSPS) is 20.5. The molecule has 1 N–H and O–H groups in total. The van der Waals surface area contributed by atoms with Gasteiger partial charge >= 0.3 is 12.1 Å². The number of carbonyl (C=O) groups excluding carboxylic acids is 3. The zero-order chi connectivity index (χ0) is 21.5. The van der Waals surface area contributed by atoms with Crippen LogP contribution in [0, 0.1) is 0 Å². The van der Waals surface area contributed by atoms with Gasteiger partial charge in [-0.3, -0.25) is 9.69 Å². The lowest BCUT2D eigenvalue weighted by molar-refractivity contribution is -0.152. The smallest absolute Gasteiger partial charge is 0.407 e. The Kier molecular flexibility index (Phi) is 7.03. The Balaban J connectivity index is 1.66. The van der Waals surface area contributed by atoms with Crippen LogP contribution in [-0.4, -0.2) is 48.7 Å². The van der Waals surface area contributed by atoms with Crippen LogP contribution in [0.4, 0.5) is 4.79 Å². The van der Waals surface area contributed by atoms with E-state index in [1.807, 2.05) is 48.5 Å². The molecule has 158 valence electrons. The van der Waals surface area contributed by atoms with E-state index in [4.69, 9.17) is 14.2 Å². The predicted octanol–water partition coefficient (Wildman–Crippen LogP) is 2.40. The summed E-state index contributed by atoms with van der Waals surface area (Å²) in [6.07, 6.45) is -2.07. The van der Waals surface area contributed by atoms with Crippen LogP contribution in [0.15, 0.2) is 60.7 Å². The Bertz CT molecular complexity index is 874. The third-order valence-corrected chi connectivity index (χ3v) is 4.75. The first-order chi connectivity index (χ1) is 14.5. The molecule has 1 heterocycles. The van der Waals surface area contributed by atoms with Gasteiger partial charge in [-0.15, -0.1) is 0 Å². The monoisotopic (exact) mass is 412 g/mol. The molecule has 1 fully saturated rings.